The second kappa shape index (κ2) is 6.66. The zero-order chi connectivity index (χ0) is 11.8. The number of thioether (sulfide) groups is 1. The van der Waals surface area contributed by atoms with Gasteiger partial charge in [-0.3, -0.25) is 0 Å². The van der Waals surface area contributed by atoms with Gasteiger partial charge in [0, 0.05) is 12.3 Å². The van der Waals surface area contributed by atoms with Crippen LogP contribution in [0.3, 0.4) is 0 Å². The van der Waals surface area contributed by atoms with Crippen molar-refractivity contribution < 1.29 is 0 Å². The molecule has 3 nitrogen and oxygen atoms in total. The molecule has 0 aliphatic carbocycles. The van der Waals surface area contributed by atoms with Crippen molar-refractivity contribution in [2.24, 2.45) is 0 Å². The summed E-state index contributed by atoms with van der Waals surface area (Å²) in [4.78, 5) is 0. The molecule has 0 spiro atoms. The molecule has 4 heteroatoms. The fourth-order valence-electron chi connectivity index (χ4n) is 1.17. The molecule has 0 radical (unpaired) electrons. The molecule has 0 aromatic heterocycles. The smallest absolute Gasteiger partial charge is 0.0992 e. The number of nitrogens with zero attached hydrogens (tertiary/aromatic N) is 1. The average molecular weight is 231 g/mol. The van der Waals surface area contributed by atoms with Gasteiger partial charge in [-0.1, -0.05) is 5.92 Å². The summed E-state index contributed by atoms with van der Waals surface area (Å²) in [5.74, 6) is 4.20. The molecule has 0 bridgehead atoms. The molecule has 0 aliphatic heterocycles. The number of rotatable bonds is 5. The van der Waals surface area contributed by atoms with E-state index in [1.54, 1.807) is 30.0 Å². The number of nitriles is 1. The summed E-state index contributed by atoms with van der Waals surface area (Å²) in [6.45, 7) is 0.783. The highest BCUT2D eigenvalue weighted by Gasteiger charge is 1.99. The van der Waals surface area contributed by atoms with Gasteiger partial charge in [-0.15, -0.1) is 18.2 Å². The Hall–Kier alpha value is -1.78. The number of benzene rings is 1. The minimum Gasteiger partial charge on any atom is -0.397 e. The topological polar surface area (TPSA) is 61.8 Å². The maximum atomic E-state index is 8.75. The van der Waals surface area contributed by atoms with E-state index < -0.39 is 0 Å². The number of terminal acetylenes is 1. The van der Waals surface area contributed by atoms with E-state index in [1.165, 1.54) is 0 Å². The van der Waals surface area contributed by atoms with Crippen LogP contribution in [0.2, 0.25) is 0 Å². The van der Waals surface area contributed by atoms with Gasteiger partial charge in [-0.25, -0.2) is 0 Å². The van der Waals surface area contributed by atoms with E-state index in [4.69, 9.17) is 17.4 Å². The number of hydrogen-bond donors (Lipinski definition) is 2. The van der Waals surface area contributed by atoms with Crippen LogP contribution in [0.15, 0.2) is 18.2 Å². The lowest BCUT2D eigenvalue weighted by molar-refractivity contribution is 1.23. The zero-order valence-corrected chi connectivity index (χ0v) is 9.68. The monoisotopic (exact) mass is 231 g/mol. The number of nitrogens with two attached hydrogens (primary N) is 1. The van der Waals surface area contributed by atoms with Crippen molar-refractivity contribution in [2.45, 2.75) is 0 Å². The highest BCUT2D eigenvalue weighted by Crippen LogP contribution is 2.19. The minimum atomic E-state index is 0.605. The van der Waals surface area contributed by atoms with Gasteiger partial charge in [-0.05, 0) is 18.2 Å². The van der Waals surface area contributed by atoms with Crippen LogP contribution in [-0.4, -0.2) is 18.1 Å². The summed E-state index contributed by atoms with van der Waals surface area (Å²) >= 11 is 1.68. The molecule has 0 aliphatic rings. The van der Waals surface area contributed by atoms with Crippen molar-refractivity contribution in [1.82, 2.24) is 0 Å². The Balaban J connectivity index is 2.48. The molecule has 0 saturated heterocycles. The van der Waals surface area contributed by atoms with Gasteiger partial charge in [0.2, 0.25) is 0 Å². The van der Waals surface area contributed by atoms with Crippen molar-refractivity contribution in [2.75, 3.05) is 29.1 Å². The molecule has 0 heterocycles. The van der Waals surface area contributed by atoms with Gasteiger partial charge in [0.15, 0.2) is 0 Å². The van der Waals surface area contributed by atoms with Gasteiger partial charge >= 0.3 is 0 Å². The summed E-state index contributed by atoms with van der Waals surface area (Å²) in [5, 5.41) is 11.9. The van der Waals surface area contributed by atoms with Gasteiger partial charge in [0.1, 0.15) is 0 Å². The standard InChI is InChI=1S/C12H13N3S/c1-2-6-16-7-5-15-12-8-10(9-13)3-4-11(12)14/h1,3-4,8,15H,5-7,14H2. The zero-order valence-electron chi connectivity index (χ0n) is 8.86. The number of nitrogens with one attached hydrogen (secondary N) is 1. The Kier molecular flexibility index (Phi) is 5.11. The molecule has 0 fully saturated rings. The van der Waals surface area contributed by atoms with Crippen molar-refractivity contribution in [3.05, 3.63) is 23.8 Å². The fourth-order valence-corrected chi connectivity index (χ4v) is 1.68. The molecule has 16 heavy (non-hydrogen) atoms. The van der Waals surface area contributed by atoms with Crippen LogP contribution < -0.4 is 11.1 Å². The SMILES string of the molecule is C#CCSCCNc1cc(C#N)ccc1N. The Morgan fingerprint density at radius 2 is 2.31 bits per heavy atom. The quantitative estimate of drug-likeness (QED) is 0.462. The Bertz CT molecular complexity index is 429. The average Bonchev–Trinajstić information content (AvgIpc) is 2.31. The first kappa shape index (κ1) is 12.3. The Morgan fingerprint density at radius 1 is 1.50 bits per heavy atom. The van der Waals surface area contributed by atoms with E-state index in [-0.39, 0.29) is 0 Å². The predicted octanol–water partition coefficient (Wildman–Crippen LogP) is 1.92. The molecule has 0 amide bonds. The van der Waals surface area contributed by atoms with Crippen molar-refractivity contribution in [3.8, 4) is 18.4 Å². The van der Waals surface area contributed by atoms with Crippen LogP contribution in [0.1, 0.15) is 5.56 Å². The van der Waals surface area contributed by atoms with E-state index in [0.717, 1.165) is 23.7 Å². The molecule has 1 rings (SSSR count). The summed E-state index contributed by atoms with van der Waals surface area (Å²) in [6.07, 6.45) is 5.14. The first-order chi connectivity index (χ1) is 7.77. The Morgan fingerprint density at radius 3 is 3.00 bits per heavy atom. The number of hydrogen-bond acceptors (Lipinski definition) is 4. The minimum absolute atomic E-state index is 0.605. The lowest BCUT2D eigenvalue weighted by atomic mass is 10.2. The third-order valence-corrected chi connectivity index (χ3v) is 2.79. The van der Waals surface area contributed by atoms with Crippen LogP contribution in [0, 0.1) is 23.7 Å². The van der Waals surface area contributed by atoms with Crippen molar-refractivity contribution >= 4 is 23.1 Å². The molecule has 0 unspecified atom stereocenters. The molecule has 3 N–H and O–H groups in total. The van der Waals surface area contributed by atoms with E-state index in [0.29, 0.717) is 11.3 Å². The van der Waals surface area contributed by atoms with Crippen LogP contribution in [0.5, 0.6) is 0 Å². The maximum absolute atomic E-state index is 8.75. The third kappa shape index (κ3) is 3.76. The normalized spacial score (nSPS) is 9.12. The van der Waals surface area contributed by atoms with Gasteiger partial charge in [0.25, 0.3) is 0 Å². The van der Waals surface area contributed by atoms with E-state index in [2.05, 4.69) is 17.3 Å². The summed E-state index contributed by atoms with van der Waals surface area (Å²) in [5.41, 5.74) is 7.84. The summed E-state index contributed by atoms with van der Waals surface area (Å²) in [7, 11) is 0. The Labute approximate surface area is 100 Å². The van der Waals surface area contributed by atoms with Gasteiger partial charge in [-0.2, -0.15) is 5.26 Å². The van der Waals surface area contributed by atoms with Crippen molar-refractivity contribution in [1.29, 1.82) is 5.26 Å². The number of nitrogen functional groups attached to an aromatic ring is 1. The van der Waals surface area contributed by atoms with Crippen LogP contribution in [-0.2, 0) is 0 Å². The highest BCUT2D eigenvalue weighted by molar-refractivity contribution is 7.99. The largest absolute Gasteiger partial charge is 0.397 e. The van der Waals surface area contributed by atoms with Crippen molar-refractivity contribution in [3.63, 3.8) is 0 Å². The predicted molar refractivity (Wildman–Crippen MR) is 70.2 cm³/mol. The maximum Gasteiger partial charge on any atom is 0.0992 e. The molecule has 1 aromatic rings. The van der Waals surface area contributed by atoms with E-state index in [1.807, 2.05) is 0 Å². The molecule has 1 aromatic carbocycles. The van der Waals surface area contributed by atoms with Gasteiger partial charge < -0.3 is 11.1 Å². The molecule has 0 saturated carbocycles. The lowest BCUT2D eigenvalue weighted by Gasteiger charge is -2.08. The van der Waals surface area contributed by atoms with E-state index >= 15 is 0 Å². The highest BCUT2D eigenvalue weighted by atomic mass is 32.2. The van der Waals surface area contributed by atoms with Crippen LogP contribution >= 0.6 is 11.8 Å². The molecule has 0 atom stereocenters. The first-order valence-electron chi connectivity index (χ1n) is 4.82. The van der Waals surface area contributed by atoms with Gasteiger partial charge in [0.05, 0.1) is 28.8 Å². The second-order valence-corrected chi connectivity index (χ2v) is 4.20. The first-order valence-corrected chi connectivity index (χ1v) is 5.98. The fraction of sp³-hybridized carbons (Fsp3) is 0.250. The molecular formula is C12H13N3S. The lowest BCUT2D eigenvalue weighted by Crippen LogP contribution is -2.06. The summed E-state index contributed by atoms with van der Waals surface area (Å²) < 4.78 is 0. The molecular weight excluding hydrogens is 218 g/mol. The molecule has 82 valence electrons. The third-order valence-electron chi connectivity index (χ3n) is 1.93. The second-order valence-electron chi connectivity index (χ2n) is 3.10. The van der Waals surface area contributed by atoms with Crippen LogP contribution in [0.4, 0.5) is 11.4 Å². The van der Waals surface area contributed by atoms with E-state index in [9.17, 15) is 0 Å². The summed E-state index contributed by atoms with van der Waals surface area (Å²) in [6, 6.07) is 7.26. The van der Waals surface area contributed by atoms with Crippen LogP contribution in [0.25, 0.3) is 0 Å². The number of anilines is 2.